The number of benzene rings is 8. The Labute approximate surface area is 452 Å². The van der Waals surface area contributed by atoms with Crippen LogP contribution in [-0.4, -0.2) is 29.9 Å². The minimum absolute atomic E-state index is 0.652. The van der Waals surface area contributed by atoms with Gasteiger partial charge in [-0.25, -0.2) is 9.97 Å². The van der Waals surface area contributed by atoms with E-state index in [9.17, 15) is 0 Å². The summed E-state index contributed by atoms with van der Waals surface area (Å²) in [7, 11) is 0. The van der Waals surface area contributed by atoms with Gasteiger partial charge in [0, 0.05) is 24.8 Å². The molecule has 0 saturated carbocycles. The first-order valence-electron chi connectivity index (χ1n) is 26.0. The van der Waals surface area contributed by atoms with Gasteiger partial charge in [-0.15, -0.1) is 0 Å². The molecule has 0 atom stereocenters. The summed E-state index contributed by atoms with van der Waals surface area (Å²) in [5, 5.41) is 9.49. The largest absolute Gasteiger partial charge is 0.257 e. The van der Waals surface area contributed by atoms with E-state index >= 15 is 0 Å². The molecule has 6 heteroatoms. The highest BCUT2D eigenvalue weighted by Crippen LogP contribution is 2.34. The summed E-state index contributed by atoms with van der Waals surface area (Å²) >= 11 is 0. The molecule has 0 N–H and O–H groups in total. The average Bonchev–Trinajstić information content (AvgIpc) is 3.55. The van der Waals surface area contributed by atoms with Crippen LogP contribution in [0, 0.1) is 0 Å². The first-order valence-corrected chi connectivity index (χ1v) is 26.0. The minimum Gasteiger partial charge on any atom is -0.257 e. The van der Waals surface area contributed by atoms with Crippen LogP contribution in [0.15, 0.2) is 243 Å². The molecule has 0 fully saturated rings. The zero-order valence-electron chi connectivity index (χ0n) is 42.4. The molecule has 13 aromatic rings. The van der Waals surface area contributed by atoms with Crippen molar-refractivity contribution in [3.63, 3.8) is 0 Å². The zero-order valence-corrected chi connectivity index (χ0v) is 42.4. The summed E-state index contributed by atoms with van der Waals surface area (Å²) in [5.74, 6) is 0. The molecule has 0 unspecified atom stereocenters. The zero-order chi connectivity index (χ0) is 52.0. The highest BCUT2D eigenvalue weighted by Gasteiger charge is 2.13. The molecule has 0 aliphatic carbocycles. The lowest BCUT2D eigenvalue weighted by molar-refractivity contribution is 1.12. The maximum Gasteiger partial charge on any atom is 0.0895 e. The van der Waals surface area contributed by atoms with Crippen molar-refractivity contribution in [1.29, 1.82) is 0 Å². The fourth-order valence-corrected chi connectivity index (χ4v) is 10.4. The molecule has 6 nitrogen and oxygen atoms in total. The van der Waals surface area contributed by atoms with Crippen molar-refractivity contribution in [3.05, 3.63) is 289 Å². The molecule has 0 saturated heterocycles. The molecule has 13 rings (SSSR count). The minimum atomic E-state index is 0.652. The van der Waals surface area contributed by atoms with E-state index < -0.39 is 0 Å². The molecule has 8 aromatic carbocycles. The van der Waals surface area contributed by atoms with Gasteiger partial charge in [0.15, 0.2) is 0 Å². The number of nitrogens with zero attached hydrogens (tertiary/aromatic N) is 6. The quantitative estimate of drug-likeness (QED) is 0.121. The van der Waals surface area contributed by atoms with E-state index in [1.54, 1.807) is 0 Å². The smallest absolute Gasteiger partial charge is 0.0895 e. The number of fused-ring (bicyclic) bond motifs is 4. The van der Waals surface area contributed by atoms with Gasteiger partial charge in [0.1, 0.15) is 0 Å². The number of hydrogen-bond donors (Lipinski definition) is 0. The third kappa shape index (κ3) is 9.93. The lowest BCUT2D eigenvalue weighted by Gasteiger charge is -2.09. The lowest BCUT2D eigenvalue weighted by atomic mass is 9.98. The van der Waals surface area contributed by atoms with E-state index in [2.05, 4.69) is 218 Å². The van der Waals surface area contributed by atoms with Gasteiger partial charge in [-0.2, -0.15) is 0 Å². The van der Waals surface area contributed by atoms with Crippen LogP contribution in [0.25, 0.3) is 136 Å². The molecule has 0 aliphatic heterocycles. The van der Waals surface area contributed by atoms with Crippen LogP contribution < -0.4 is 0 Å². The molecule has 0 bridgehead atoms. The molecule has 78 heavy (non-hydrogen) atoms. The number of hydrogen-bond acceptors (Lipinski definition) is 6. The topological polar surface area (TPSA) is 77.3 Å². The molecule has 0 spiro atoms. The van der Waals surface area contributed by atoms with Crippen LogP contribution in [0.1, 0.15) is 45.6 Å². The van der Waals surface area contributed by atoms with Crippen LogP contribution in [0.3, 0.4) is 0 Å². The monoisotopic (exact) mass is 996 g/mol. The Bertz CT molecular complexity index is 3930. The van der Waals surface area contributed by atoms with Crippen molar-refractivity contribution < 1.29 is 0 Å². The molecule has 366 valence electrons. The average molecular weight is 997 g/mol. The Kier molecular flexibility index (Phi) is 12.9. The fraction of sp³-hybridized carbons (Fsp3) is 0. The van der Waals surface area contributed by atoms with Crippen LogP contribution in [0.2, 0.25) is 0 Å². The van der Waals surface area contributed by atoms with Gasteiger partial charge < -0.3 is 0 Å². The van der Waals surface area contributed by atoms with Gasteiger partial charge >= 0.3 is 0 Å². The maximum absolute atomic E-state index is 5.43. The lowest BCUT2D eigenvalue weighted by Crippen LogP contribution is -2.00. The Morgan fingerprint density at radius 2 is 0.449 bits per heavy atom. The van der Waals surface area contributed by atoms with Crippen LogP contribution in [0.4, 0.5) is 0 Å². The van der Waals surface area contributed by atoms with E-state index in [0.717, 1.165) is 67.3 Å². The summed E-state index contributed by atoms with van der Waals surface area (Å²) in [6.07, 6.45) is 23.5. The predicted molar refractivity (Wildman–Crippen MR) is 326 cm³/mol. The number of aromatic nitrogens is 6. The number of rotatable bonds is 12. The normalized spacial score (nSPS) is 11.9. The van der Waals surface area contributed by atoms with Crippen molar-refractivity contribution in [2.24, 2.45) is 0 Å². The molecule has 0 aliphatic rings. The molecule has 0 amide bonds. The number of pyridine rings is 4. The van der Waals surface area contributed by atoms with Gasteiger partial charge in [-0.1, -0.05) is 170 Å². The van der Waals surface area contributed by atoms with Gasteiger partial charge in [-0.3, -0.25) is 19.9 Å². The highest BCUT2D eigenvalue weighted by molar-refractivity contribution is 6.00. The predicted octanol–water partition coefficient (Wildman–Crippen LogP) is 18.0. The van der Waals surface area contributed by atoms with Crippen molar-refractivity contribution in [2.45, 2.75) is 0 Å². The SMILES string of the molecule is C(=Cc1nc(C=Cc2cc(-c3cccc4ccccc34)ccn2)c(C=Cc2cc(-c3cccc4ccccc34)ccn2)nc1C=Cc1cc(-c2cccc3ccccc23)ccn1)c1cc(-c2cccc3ccccc23)ccn1. The van der Waals surface area contributed by atoms with Crippen LogP contribution >= 0.6 is 0 Å². The third-order valence-electron chi connectivity index (χ3n) is 14.2. The van der Waals surface area contributed by atoms with Crippen molar-refractivity contribution >= 4 is 91.7 Å². The van der Waals surface area contributed by atoms with Crippen LogP contribution in [-0.2, 0) is 0 Å². The summed E-state index contributed by atoms with van der Waals surface area (Å²) in [6.45, 7) is 0. The third-order valence-corrected chi connectivity index (χ3v) is 14.2. The van der Waals surface area contributed by atoms with E-state index in [1.165, 1.54) is 43.1 Å². The second-order valence-electron chi connectivity index (χ2n) is 19.1. The molecule has 5 heterocycles. The van der Waals surface area contributed by atoms with Gasteiger partial charge in [0.05, 0.1) is 45.6 Å². The first kappa shape index (κ1) is 47.2. The maximum atomic E-state index is 5.43. The Morgan fingerprint density at radius 3 is 0.705 bits per heavy atom. The van der Waals surface area contributed by atoms with E-state index in [-0.39, 0.29) is 0 Å². The van der Waals surface area contributed by atoms with Crippen molar-refractivity contribution in [3.8, 4) is 44.5 Å². The highest BCUT2D eigenvalue weighted by atomic mass is 14.8. The summed E-state index contributed by atoms with van der Waals surface area (Å²) in [4.78, 5) is 30.1. The Balaban J connectivity index is 0.936. The second-order valence-corrected chi connectivity index (χ2v) is 19.1. The fourth-order valence-electron chi connectivity index (χ4n) is 10.4. The second kappa shape index (κ2) is 21.4. The molecule has 0 radical (unpaired) electrons. The first-order chi connectivity index (χ1) is 38.6. The summed E-state index contributed by atoms with van der Waals surface area (Å²) in [6, 6.07) is 76.3. The Morgan fingerprint density at radius 1 is 0.218 bits per heavy atom. The molecular formula is C72H48N6. The molecule has 5 aromatic heterocycles. The van der Waals surface area contributed by atoms with Gasteiger partial charge in [0.25, 0.3) is 0 Å². The summed E-state index contributed by atoms with van der Waals surface area (Å²) < 4.78 is 0. The van der Waals surface area contributed by atoms with E-state index in [1.807, 2.05) is 73.4 Å². The van der Waals surface area contributed by atoms with Crippen LogP contribution in [0.5, 0.6) is 0 Å². The standard InChI is InChI=1S/C72H48N6/c1-5-21-61-49(13-1)17-9-25-65(61)53-37-41-73-57(45-53)29-33-69-70(34-30-58-46-54(38-42-74-58)66-26-10-18-50-14-2-6-22-62(50)66)78-72(36-32-60-48-56(40-44-76-60)68-28-12-20-52-16-4-8-24-64(52)68)71(77-69)35-31-59-47-55(39-43-75-59)67-27-11-19-51-15-3-7-23-63(51)67/h1-48H. The van der Waals surface area contributed by atoms with E-state index in [4.69, 9.17) is 29.9 Å². The van der Waals surface area contributed by atoms with Gasteiger partial charge in [-0.05, 0) is 185 Å². The van der Waals surface area contributed by atoms with Crippen molar-refractivity contribution in [1.82, 2.24) is 29.9 Å². The summed E-state index contributed by atoms with van der Waals surface area (Å²) in [5.41, 5.74) is 14.6. The van der Waals surface area contributed by atoms with Gasteiger partial charge in [0.2, 0.25) is 0 Å². The molecular weight excluding hydrogens is 949 g/mol. The van der Waals surface area contributed by atoms with Crippen molar-refractivity contribution in [2.75, 3.05) is 0 Å². The van der Waals surface area contributed by atoms with E-state index in [0.29, 0.717) is 22.8 Å². The Hall–Kier alpha value is -10.6.